The molecule has 1 aromatic carbocycles. The van der Waals surface area contributed by atoms with Crippen LogP contribution in [-0.4, -0.2) is 22.2 Å². The number of pyridine rings is 1. The number of Topliss-reactive ketones (excluding diaryl/α,β-unsaturated/α-hetero) is 1. The molecule has 0 radical (unpaired) electrons. The Labute approximate surface area is 169 Å². The Hall–Kier alpha value is -2.93. The standard InChI is InChI=1S/C21H21N3O3S/c1-2-12-22-21(28)19(20(25)16-7-9-18(10-8-16)24(26)27)23-13-11-15-5-3-4-6-17(15)14-23/h2,7-11,13-14,19H,1,3-6,12H2/p+1. The monoisotopic (exact) mass is 396 g/mol. The maximum Gasteiger partial charge on any atom is 0.270 e. The lowest BCUT2D eigenvalue weighted by molar-refractivity contribution is -0.692. The fraction of sp³-hybridized carbons (Fsp3) is 0.286. The van der Waals surface area contributed by atoms with Gasteiger partial charge in [-0.2, -0.15) is 4.57 Å². The molecule has 0 bridgehead atoms. The van der Waals surface area contributed by atoms with Crippen LogP contribution in [0.25, 0.3) is 0 Å². The number of thiocarbonyl (C=S) groups is 1. The predicted molar refractivity (Wildman–Crippen MR) is 111 cm³/mol. The summed E-state index contributed by atoms with van der Waals surface area (Å²) in [6.45, 7) is 4.13. The van der Waals surface area contributed by atoms with E-state index in [4.69, 9.17) is 12.2 Å². The third kappa shape index (κ3) is 4.31. The number of aromatic nitrogens is 1. The summed E-state index contributed by atoms with van der Waals surface area (Å²) in [6.07, 6.45) is 9.93. The quantitative estimate of drug-likeness (QED) is 0.194. The molecule has 0 fully saturated rings. The van der Waals surface area contributed by atoms with Gasteiger partial charge in [0, 0.05) is 35.9 Å². The zero-order chi connectivity index (χ0) is 20.1. The molecule has 1 aromatic heterocycles. The summed E-state index contributed by atoms with van der Waals surface area (Å²) in [6, 6.07) is 6.96. The van der Waals surface area contributed by atoms with Crippen LogP contribution >= 0.6 is 12.2 Å². The third-order valence-electron chi connectivity index (χ3n) is 4.89. The number of non-ortho nitro benzene ring substituents is 1. The molecule has 0 spiro atoms. The Kier molecular flexibility index (Phi) is 6.26. The zero-order valence-corrected chi connectivity index (χ0v) is 16.3. The summed E-state index contributed by atoms with van der Waals surface area (Å²) in [5.74, 6) is -0.211. The molecular weight excluding hydrogens is 374 g/mol. The number of nitrogens with one attached hydrogen (secondary N) is 1. The minimum Gasteiger partial charge on any atom is -0.370 e. The molecule has 6 nitrogen and oxygen atoms in total. The van der Waals surface area contributed by atoms with Gasteiger partial charge in [0.05, 0.1) is 4.92 Å². The van der Waals surface area contributed by atoms with Crippen LogP contribution in [-0.2, 0) is 12.8 Å². The van der Waals surface area contributed by atoms with Crippen molar-refractivity contribution in [3.8, 4) is 0 Å². The zero-order valence-electron chi connectivity index (χ0n) is 15.5. The first-order chi connectivity index (χ1) is 13.5. The Bertz CT molecular complexity index is 925. The molecule has 28 heavy (non-hydrogen) atoms. The molecule has 1 unspecified atom stereocenters. The van der Waals surface area contributed by atoms with Crippen LogP contribution < -0.4 is 9.88 Å². The molecule has 1 aliphatic carbocycles. The van der Waals surface area contributed by atoms with Crippen LogP contribution in [0.15, 0.2) is 55.4 Å². The number of carbonyl (C=O) groups excluding carboxylic acids is 1. The van der Waals surface area contributed by atoms with E-state index in [9.17, 15) is 14.9 Å². The highest BCUT2D eigenvalue weighted by atomic mass is 32.1. The Balaban J connectivity index is 1.96. The van der Waals surface area contributed by atoms with Gasteiger partial charge in [-0.25, -0.2) is 0 Å². The van der Waals surface area contributed by atoms with Crippen LogP contribution in [0, 0.1) is 10.1 Å². The Morgan fingerprint density at radius 1 is 1.25 bits per heavy atom. The molecule has 144 valence electrons. The number of aryl methyl sites for hydroxylation is 2. The minimum absolute atomic E-state index is 0.0538. The fourth-order valence-corrected chi connectivity index (χ4v) is 3.73. The van der Waals surface area contributed by atoms with E-state index in [0.29, 0.717) is 17.1 Å². The molecule has 1 N–H and O–H groups in total. The highest BCUT2D eigenvalue weighted by Gasteiger charge is 2.34. The number of hydrogen-bond donors (Lipinski definition) is 1. The van der Waals surface area contributed by atoms with Gasteiger partial charge in [-0.15, -0.1) is 6.58 Å². The van der Waals surface area contributed by atoms with Crippen LogP contribution in [0.5, 0.6) is 0 Å². The van der Waals surface area contributed by atoms with Gasteiger partial charge in [-0.3, -0.25) is 14.9 Å². The van der Waals surface area contributed by atoms with E-state index in [0.717, 1.165) is 19.3 Å². The van der Waals surface area contributed by atoms with E-state index >= 15 is 0 Å². The van der Waals surface area contributed by atoms with Gasteiger partial charge in [0.15, 0.2) is 17.4 Å². The van der Waals surface area contributed by atoms with Gasteiger partial charge >= 0.3 is 0 Å². The molecule has 0 saturated heterocycles. The van der Waals surface area contributed by atoms with Crippen LogP contribution in [0.4, 0.5) is 5.69 Å². The minimum atomic E-state index is -0.719. The van der Waals surface area contributed by atoms with Crippen molar-refractivity contribution in [1.82, 2.24) is 5.32 Å². The molecule has 0 saturated carbocycles. The van der Waals surface area contributed by atoms with Gasteiger partial charge in [-0.05, 0) is 43.4 Å². The van der Waals surface area contributed by atoms with E-state index in [-0.39, 0.29) is 11.5 Å². The van der Waals surface area contributed by atoms with Crippen molar-refractivity contribution >= 4 is 28.7 Å². The number of nitro groups is 1. The van der Waals surface area contributed by atoms with E-state index in [1.54, 1.807) is 6.08 Å². The lowest BCUT2D eigenvalue weighted by Gasteiger charge is -2.18. The number of benzene rings is 1. The van der Waals surface area contributed by atoms with Crippen LogP contribution in [0.2, 0.25) is 0 Å². The number of carbonyl (C=O) groups is 1. The average Bonchev–Trinajstić information content (AvgIpc) is 2.72. The molecule has 7 heteroatoms. The number of rotatable bonds is 7. The molecule has 0 amide bonds. The lowest BCUT2D eigenvalue weighted by atomic mass is 9.93. The summed E-state index contributed by atoms with van der Waals surface area (Å²) < 4.78 is 1.84. The van der Waals surface area contributed by atoms with Crippen molar-refractivity contribution in [2.24, 2.45) is 0 Å². The topological polar surface area (TPSA) is 76.1 Å². The second-order valence-corrected chi connectivity index (χ2v) is 7.19. The normalized spacial score (nSPS) is 13.9. The molecule has 1 atom stereocenters. The van der Waals surface area contributed by atoms with Gasteiger partial charge in [0.1, 0.15) is 0 Å². The van der Waals surface area contributed by atoms with Gasteiger partial charge < -0.3 is 5.32 Å². The number of nitro benzene ring substituents is 1. The van der Waals surface area contributed by atoms with Crippen molar-refractivity contribution < 1.29 is 14.3 Å². The van der Waals surface area contributed by atoms with Crippen molar-refractivity contribution in [1.29, 1.82) is 0 Å². The molecule has 2 aromatic rings. The molecule has 3 rings (SSSR count). The Morgan fingerprint density at radius 2 is 1.93 bits per heavy atom. The largest absolute Gasteiger partial charge is 0.370 e. The first-order valence-corrected chi connectivity index (χ1v) is 9.62. The average molecular weight is 396 g/mol. The van der Waals surface area contributed by atoms with Crippen molar-refractivity contribution in [3.05, 3.63) is 82.2 Å². The first-order valence-electron chi connectivity index (χ1n) is 9.21. The molecule has 1 aliphatic rings. The van der Waals surface area contributed by atoms with E-state index < -0.39 is 11.0 Å². The van der Waals surface area contributed by atoms with Crippen molar-refractivity contribution in [3.63, 3.8) is 0 Å². The maximum atomic E-state index is 13.3. The van der Waals surface area contributed by atoms with E-state index in [1.165, 1.54) is 41.8 Å². The Morgan fingerprint density at radius 3 is 2.57 bits per heavy atom. The smallest absolute Gasteiger partial charge is 0.270 e. The van der Waals surface area contributed by atoms with Gasteiger partial charge in [0.25, 0.3) is 11.7 Å². The highest BCUT2D eigenvalue weighted by Crippen LogP contribution is 2.21. The SMILES string of the molecule is C=CCNC(=S)C(C(=O)c1ccc([N+](=O)[O-])cc1)[n+]1ccc2c(c1)CCCC2. The number of ketones is 1. The first kappa shape index (κ1) is 19.8. The van der Waals surface area contributed by atoms with Crippen molar-refractivity contribution in [2.45, 2.75) is 31.7 Å². The second-order valence-electron chi connectivity index (χ2n) is 6.75. The predicted octanol–water partition coefficient (Wildman–Crippen LogP) is 3.29. The number of nitrogens with zero attached hydrogens (tertiary/aromatic N) is 2. The molecular formula is C21H22N3O3S+. The highest BCUT2D eigenvalue weighted by molar-refractivity contribution is 7.80. The molecule has 1 heterocycles. The van der Waals surface area contributed by atoms with Gasteiger partial charge in [0.2, 0.25) is 5.78 Å². The number of hydrogen-bond acceptors (Lipinski definition) is 4. The summed E-state index contributed by atoms with van der Waals surface area (Å²) in [5, 5.41) is 13.9. The van der Waals surface area contributed by atoms with Crippen LogP contribution in [0.3, 0.4) is 0 Å². The third-order valence-corrected chi connectivity index (χ3v) is 5.25. The van der Waals surface area contributed by atoms with Crippen molar-refractivity contribution in [2.75, 3.05) is 6.54 Å². The van der Waals surface area contributed by atoms with E-state index in [1.807, 2.05) is 17.0 Å². The second kappa shape index (κ2) is 8.84. The summed E-state index contributed by atoms with van der Waals surface area (Å²) in [7, 11) is 0. The fourth-order valence-electron chi connectivity index (χ4n) is 3.41. The summed E-state index contributed by atoms with van der Waals surface area (Å²) in [4.78, 5) is 24.0. The maximum absolute atomic E-state index is 13.3. The summed E-state index contributed by atoms with van der Waals surface area (Å²) in [5.41, 5.74) is 2.88. The van der Waals surface area contributed by atoms with Crippen LogP contribution in [0.1, 0.15) is 40.4 Å². The number of fused-ring (bicyclic) bond motifs is 1. The summed E-state index contributed by atoms with van der Waals surface area (Å²) >= 11 is 5.51. The van der Waals surface area contributed by atoms with E-state index in [2.05, 4.69) is 18.0 Å². The lowest BCUT2D eigenvalue weighted by Crippen LogP contribution is -2.51. The molecule has 0 aliphatic heterocycles. The van der Waals surface area contributed by atoms with Gasteiger partial charge in [-0.1, -0.05) is 18.3 Å².